The van der Waals surface area contributed by atoms with E-state index in [1.165, 1.54) is 0 Å². The van der Waals surface area contributed by atoms with Gasteiger partial charge < -0.3 is 0 Å². The Hall–Kier alpha value is -1.20. The van der Waals surface area contributed by atoms with Crippen LogP contribution in [0.4, 0.5) is 0 Å². The van der Waals surface area contributed by atoms with Crippen LogP contribution in [0.3, 0.4) is 0 Å². The molecule has 1 aliphatic carbocycles. The third-order valence-electron chi connectivity index (χ3n) is 4.72. The fourth-order valence-corrected chi connectivity index (χ4v) is 3.38. The predicted octanol–water partition coefficient (Wildman–Crippen LogP) is 2.49. The number of carbonyl (C=O) groups is 1. The van der Waals surface area contributed by atoms with Crippen LogP contribution in [-0.2, 0) is 4.79 Å². The molecule has 0 bridgehead atoms. The molecule has 1 fully saturated rings. The van der Waals surface area contributed by atoms with Crippen molar-refractivity contribution in [2.24, 2.45) is 17.8 Å². The Morgan fingerprint density at radius 3 is 2.75 bits per heavy atom. The summed E-state index contributed by atoms with van der Waals surface area (Å²) in [7, 11) is 5.73. The van der Waals surface area contributed by atoms with Crippen LogP contribution in [0, 0.1) is 17.8 Å². The van der Waals surface area contributed by atoms with Gasteiger partial charge in [-0.25, -0.2) is 0 Å². The van der Waals surface area contributed by atoms with E-state index in [9.17, 15) is 15.0 Å². The van der Waals surface area contributed by atoms with Crippen molar-refractivity contribution >= 4 is 19.4 Å². The molecule has 1 aliphatic rings. The topological polar surface area (TPSA) is 77.8 Å². The zero-order valence-corrected chi connectivity index (χ0v) is 14.6. The van der Waals surface area contributed by atoms with Crippen molar-refractivity contribution in [2.45, 2.75) is 64.1 Å². The number of aliphatic hydroxyl groups excluding tert-OH is 2. The van der Waals surface area contributed by atoms with Gasteiger partial charge >= 0.3 is 146 Å². The fraction of sp³-hybridized carbons (Fsp3) is 0.684. The van der Waals surface area contributed by atoms with Crippen LogP contribution >= 0.6 is 0 Å². The van der Waals surface area contributed by atoms with Crippen LogP contribution in [0.5, 0.6) is 0 Å². The molecule has 1 saturated carbocycles. The van der Waals surface area contributed by atoms with Crippen LogP contribution in [0.2, 0.25) is 0 Å². The average molecular weight is 333 g/mol. The van der Waals surface area contributed by atoms with Gasteiger partial charge in [-0.1, -0.05) is 0 Å². The third-order valence-corrected chi connectivity index (χ3v) is 4.72. The van der Waals surface area contributed by atoms with Gasteiger partial charge in [0.2, 0.25) is 0 Å². The van der Waals surface area contributed by atoms with Gasteiger partial charge in [-0.3, -0.25) is 0 Å². The van der Waals surface area contributed by atoms with Gasteiger partial charge in [0.15, 0.2) is 0 Å². The van der Waals surface area contributed by atoms with Crippen molar-refractivity contribution in [1.82, 2.24) is 0 Å². The summed E-state index contributed by atoms with van der Waals surface area (Å²) in [4.78, 5) is 10.5. The van der Waals surface area contributed by atoms with E-state index in [0.29, 0.717) is 12.8 Å². The molecular weight excluding hydrogens is 303 g/mol. The molecule has 0 heterocycles. The number of aliphatic hydroxyl groups is 2. The van der Waals surface area contributed by atoms with E-state index in [-0.39, 0.29) is 24.2 Å². The minimum absolute atomic E-state index is 0.0793. The first kappa shape index (κ1) is 20.8. The molecule has 0 amide bonds. The van der Waals surface area contributed by atoms with E-state index in [1.54, 1.807) is 5.97 Å². The van der Waals surface area contributed by atoms with Crippen molar-refractivity contribution in [2.75, 3.05) is 0 Å². The van der Waals surface area contributed by atoms with E-state index in [1.807, 2.05) is 31.2 Å². The summed E-state index contributed by atoms with van der Waals surface area (Å²) in [6.45, 7) is 2.03. The van der Waals surface area contributed by atoms with Gasteiger partial charge in [-0.15, -0.1) is 0 Å². The molecule has 0 aliphatic heterocycles. The summed E-state index contributed by atoms with van der Waals surface area (Å²) in [6, 6.07) is 0. The number of carboxylic acids is 1. The first-order valence-corrected chi connectivity index (χ1v) is 8.95. The first-order chi connectivity index (χ1) is 11.5. The molecule has 133 valence electrons. The zero-order valence-electron chi connectivity index (χ0n) is 14.6. The van der Waals surface area contributed by atoms with E-state index >= 15 is 0 Å². The van der Waals surface area contributed by atoms with Gasteiger partial charge in [0.05, 0.1) is 0 Å². The Morgan fingerprint density at radius 2 is 2.12 bits per heavy atom. The molecule has 0 aromatic rings. The van der Waals surface area contributed by atoms with Crippen LogP contribution in [-0.4, -0.2) is 47.0 Å². The van der Waals surface area contributed by atoms with Gasteiger partial charge in [0, 0.05) is 0 Å². The van der Waals surface area contributed by atoms with Crippen molar-refractivity contribution in [3.05, 3.63) is 24.3 Å². The maximum atomic E-state index is 10.5. The number of aliphatic carboxylic acids is 1. The molecule has 1 radical (unpaired) electrons. The van der Waals surface area contributed by atoms with Gasteiger partial charge in [0.1, 0.15) is 0 Å². The Labute approximate surface area is 146 Å². The van der Waals surface area contributed by atoms with Gasteiger partial charge in [-0.05, 0) is 0 Å². The van der Waals surface area contributed by atoms with E-state index < -0.39 is 18.2 Å². The Bertz CT molecular complexity index is 447. The van der Waals surface area contributed by atoms with E-state index in [0.717, 1.165) is 25.7 Å². The second-order valence-electron chi connectivity index (χ2n) is 6.63. The SMILES string of the molecule is [B]=CC1CC(O)[C@H](C/C=C\CCCC(=O)O)[C@H]1/C=C/C(O)CCC. The Kier molecular flexibility index (Phi) is 9.88. The van der Waals surface area contributed by atoms with Crippen LogP contribution in [0.1, 0.15) is 51.9 Å². The van der Waals surface area contributed by atoms with E-state index in [4.69, 9.17) is 12.6 Å². The quantitative estimate of drug-likeness (QED) is 0.308. The number of hydrogen-bond acceptors (Lipinski definition) is 3. The molecule has 0 aromatic heterocycles. The number of allylic oxidation sites excluding steroid dienone is 3. The number of unbranched alkanes of at least 4 members (excludes halogenated alkanes) is 1. The van der Waals surface area contributed by atoms with Crippen LogP contribution in [0.15, 0.2) is 24.3 Å². The molecule has 5 atom stereocenters. The second-order valence-corrected chi connectivity index (χ2v) is 6.63. The number of hydrogen-bond donors (Lipinski definition) is 3. The molecule has 0 spiro atoms. The summed E-state index contributed by atoms with van der Waals surface area (Å²) < 4.78 is 0. The molecule has 1 rings (SSSR count). The standard InChI is InChI=1S/C19H30BO4/c1-2-7-15(21)10-11-16-14(13-20)12-18(22)17(16)8-5-3-4-6-9-19(23)24/h3,5,10-11,13-18,21-22H,2,4,6-9,12H2,1H3,(H,23,24)/b5-3-,11-10+/t14?,15?,16-,17+,18?/m0/s1. The van der Waals surface area contributed by atoms with Crippen LogP contribution in [0.25, 0.3) is 0 Å². The summed E-state index contributed by atoms with van der Waals surface area (Å²) in [5.41, 5.74) is 0. The summed E-state index contributed by atoms with van der Waals surface area (Å²) in [5, 5.41) is 28.8. The summed E-state index contributed by atoms with van der Waals surface area (Å²) >= 11 is 0. The number of carboxylic acid groups (broad SMARTS) is 1. The van der Waals surface area contributed by atoms with Gasteiger partial charge in [-0.2, -0.15) is 0 Å². The fourth-order valence-electron chi connectivity index (χ4n) is 3.38. The van der Waals surface area contributed by atoms with Crippen molar-refractivity contribution in [3.63, 3.8) is 0 Å². The van der Waals surface area contributed by atoms with Crippen LogP contribution < -0.4 is 0 Å². The monoisotopic (exact) mass is 333 g/mol. The van der Waals surface area contributed by atoms with Gasteiger partial charge in [0.25, 0.3) is 0 Å². The molecule has 3 unspecified atom stereocenters. The zero-order chi connectivity index (χ0) is 17.9. The molecule has 0 aromatic carbocycles. The van der Waals surface area contributed by atoms with Crippen molar-refractivity contribution in [1.29, 1.82) is 0 Å². The van der Waals surface area contributed by atoms with Crippen molar-refractivity contribution in [3.8, 4) is 0 Å². The molecule has 4 nitrogen and oxygen atoms in total. The Morgan fingerprint density at radius 1 is 1.38 bits per heavy atom. The van der Waals surface area contributed by atoms with Crippen molar-refractivity contribution < 1.29 is 20.1 Å². The normalized spacial score (nSPS) is 28.6. The third kappa shape index (κ3) is 7.14. The molecule has 5 heteroatoms. The minimum atomic E-state index is -0.772. The second kappa shape index (κ2) is 11.4. The Balaban J connectivity index is 2.58. The average Bonchev–Trinajstić information content (AvgIpc) is 2.84. The number of rotatable bonds is 11. The first-order valence-electron chi connectivity index (χ1n) is 8.95. The van der Waals surface area contributed by atoms with E-state index in [2.05, 4.69) is 0 Å². The molecule has 3 N–H and O–H groups in total. The maximum absolute atomic E-state index is 10.5. The molecule has 24 heavy (non-hydrogen) atoms. The molecular formula is C19H30BO4. The summed E-state index contributed by atoms with van der Waals surface area (Å²) in [5.74, 6) is 1.21. The molecule has 0 saturated heterocycles. The predicted molar refractivity (Wildman–Crippen MR) is 98.2 cm³/mol. The summed E-state index contributed by atoms with van der Waals surface area (Å²) in [6.07, 6.45) is 11.6.